The zero-order valence-corrected chi connectivity index (χ0v) is 7.33. The van der Waals surface area contributed by atoms with E-state index in [2.05, 4.69) is 0 Å². The first-order chi connectivity index (χ1) is 6.22. The van der Waals surface area contributed by atoms with Crippen LogP contribution in [0.4, 0.5) is 4.39 Å². The van der Waals surface area contributed by atoms with Gasteiger partial charge in [-0.3, -0.25) is 0 Å². The molecule has 0 saturated carbocycles. The predicted octanol–water partition coefficient (Wildman–Crippen LogP) is 2.36. The van der Waals surface area contributed by atoms with E-state index in [0.29, 0.717) is 12.4 Å². The van der Waals surface area contributed by atoms with Crippen molar-refractivity contribution < 1.29 is 9.13 Å². The molecule has 0 bridgehead atoms. The number of hydrogen-bond donors (Lipinski definition) is 0. The van der Waals surface area contributed by atoms with E-state index in [-0.39, 0.29) is 11.7 Å². The fourth-order valence-electron chi connectivity index (χ4n) is 0.815. The Morgan fingerprint density at radius 2 is 2.38 bits per heavy atom. The van der Waals surface area contributed by atoms with Crippen molar-refractivity contribution >= 4 is 0 Å². The summed E-state index contributed by atoms with van der Waals surface area (Å²) in [6.07, 6.45) is 0. The minimum Gasteiger partial charge on any atom is -0.492 e. The van der Waals surface area contributed by atoms with Crippen LogP contribution in [0.2, 0.25) is 0 Å². The Morgan fingerprint density at radius 1 is 1.62 bits per heavy atom. The van der Waals surface area contributed by atoms with Gasteiger partial charge in [-0.25, -0.2) is 4.39 Å². The average molecular weight is 179 g/mol. The van der Waals surface area contributed by atoms with Crippen LogP contribution < -0.4 is 4.74 Å². The highest BCUT2D eigenvalue weighted by molar-refractivity contribution is 5.22. The summed E-state index contributed by atoms with van der Waals surface area (Å²) >= 11 is 0. The topological polar surface area (TPSA) is 33.0 Å². The fraction of sp³-hybridized carbons (Fsp3) is 0.300. The van der Waals surface area contributed by atoms with Gasteiger partial charge < -0.3 is 4.74 Å². The number of nitrogens with zero attached hydrogens (tertiary/aromatic N) is 1. The Labute approximate surface area is 76.6 Å². The lowest BCUT2D eigenvalue weighted by molar-refractivity contribution is 0.287. The molecule has 0 radical (unpaired) electrons. The fourth-order valence-corrected chi connectivity index (χ4v) is 0.815. The Hall–Kier alpha value is -1.56. The number of halogens is 1. The first kappa shape index (κ1) is 9.53. The monoisotopic (exact) mass is 179 g/mol. The first-order valence-corrected chi connectivity index (χ1v) is 4.00. The van der Waals surface area contributed by atoms with E-state index >= 15 is 0 Å². The van der Waals surface area contributed by atoms with Gasteiger partial charge in [-0.05, 0) is 19.1 Å². The quantitative estimate of drug-likeness (QED) is 0.713. The SMILES string of the molecule is CC(C#N)COc1cccc(F)c1. The van der Waals surface area contributed by atoms with Crippen molar-refractivity contribution in [3.63, 3.8) is 0 Å². The van der Waals surface area contributed by atoms with Crippen LogP contribution in [0.25, 0.3) is 0 Å². The Bertz CT molecular complexity index is 319. The number of rotatable bonds is 3. The van der Waals surface area contributed by atoms with E-state index in [1.807, 2.05) is 6.07 Å². The second-order valence-corrected chi connectivity index (χ2v) is 2.80. The minimum absolute atomic E-state index is 0.178. The summed E-state index contributed by atoms with van der Waals surface area (Å²) in [6, 6.07) is 7.91. The molecule has 0 aromatic heterocycles. The third kappa shape index (κ3) is 3.12. The summed E-state index contributed by atoms with van der Waals surface area (Å²) in [5.41, 5.74) is 0. The Kier molecular flexibility index (Phi) is 3.27. The molecule has 0 saturated heterocycles. The van der Waals surface area contributed by atoms with Gasteiger partial charge in [0.05, 0.1) is 12.0 Å². The molecule has 0 fully saturated rings. The van der Waals surface area contributed by atoms with Crippen LogP contribution >= 0.6 is 0 Å². The number of nitriles is 1. The molecule has 0 heterocycles. The highest BCUT2D eigenvalue weighted by Crippen LogP contribution is 2.12. The molecule has 68 valence electrons. The van der Waals surface area contributed by atoms with E-state index in [1.54, 1.807) is 19.1 Å². The molecule has 1 rings (SSSR count). The van der Waals surface area contributed by atoms with Crippen LogP contribution in [0.15, 0.2) is 24.3 Å². The van der Waals surface area contributed by atoms with Crippen molar-refractivity contribution in [2.75, 3.05) is 6.61 Å². The second kappa shape index (κ2) is 4.46. The molecule has 1 atom stereocenters. The van der Waals surface area contributed by atoms with Crippen LogP contribution in [-0.4, -0.2) is 6.61 Å². The lowest BCUT2D eigenvalue weighted by atomic mass is 10.2. The highest BCUT2D eigenvalue weighted by Gasteiger charge is 2.01. The summed E-state index contributed by atoms with van der Waals surface area (Å²) in [6.45, 7) is 2.04. The van der Waals surface area contributed by atoms with Crippen LogP contribution in [0.5, 0.6) is 5.75 Å². The molecule has 2 nitrogen and oxygen atoms in total. The van der Waals surface area contributed by atoms with Gasteiger partial charge in [0, 0.05) is 6.07 Å². The van der Waals surface area contributed by atoms with Crippen molar-refractivity contribution in [1.29, 1.82) is 5.26 Å². The van der Waals surface area contributed by atoms with E-state index < -0.39 is 0 Å². The molecule has 1 aromatic rings. The molecule has 3 heteroatoms. The molecule has 0 N–H and O–H groups in total. The van der Waals surface area contributed by atoms with E-state index in [4.69, 9.17) is 10.00 Å². The van der Waals surface area contributed by atoms with Crippen molar-refractivity contribution in [2.24, 2.45) is 5.92 Å². The van der Waals surface area contributed by atoms with Gasteiger partial charge in [0.2, 0.25) is 0 Å². The van der Waals surface area contributed by atoms with E-state index in [0.717, 1.165) is 0 Å². The van der Waals surface area contributed by atoms with Gasteiger partial charge in [-0.2, -0.15) is 5.26 Å². The van der Waals surface area contributed by atoms with Crippen LogP contribution in [0, 0.1) is 23.1 Å². The average Bonchev–Trinajstić information content (AvgIpc) is 2.14. The highest BCUT2D eigenvalue weighted by atomic mass is 19.1. The summed E-state index contributed by atoms with van der Waals surface area (Å²) in [4.78, 5) is 0. The van der Waals surface area contributed by atoms with Crippen LogP contribution in [0.1, 0.15) is 6.92 Å². The van der Waals surface area contributed by atoms with Gasteiger partial charge >= 0.3 is 0 Å². The van der Waals surface area contributed by atoms with Gasteiger partial charge in [0.1, 0.15) is 18.2 Å². The van der Waals surface area contributed by atoms with Crippen molar-refractivity contribution in [3.8, 4) is 11.8 Å². The molecule has 13 heavy (non-hydrogen) atoms. The van der Waals surface area contributed by atoms with Crippen molar-refractivity contribution in [2.45, 2.75) is 6.92 Å². The first-order valence-electron chi connectivity index (χ1n) is 4.00. The normalized spacial score (nSPS) is 11.8. The molecule has 0 spiro atoms. The van der Waals surface area contributed by atoms with Crippen molar-refractivity contribution in [1.82, 2.24) is 0 Å². The lowest BCUT2D eigenvalue weighted by Crippen LogP contribution is -2.06. The largest absolute Gasteiger partial charge is 0.492 e. The third-order valence-electron chi connectivity index (χ3n) is 1.52. The molecule has 1 unspecified atom stereocenters. The summed E-state index contributed by atoms with van der Waals surface area (Å²) in [5.74, 6) is -0.0486. The number of benzene rings is 1. The molecular formula is C10H10FNO. The standard InChI is InChI=1S/C10H10FNO/c1-8(6-12)7-13-10-4-2-3-9(11)5-10/h2-5,8H,7H2,1H3. The van der Waals surface area contributed by atoms with Gasteiger partial charge in [-0.1, -0.05) is 6.07 Å². The van der Waals surface area contributed by atoms with Crippen LogP contribution in [-0.2, 0) is 0 Å². The predicted molar refractivity (Wildman–Crippen MR) is 46.7 cm³/mol. The third-order valence-corrected chi connectivity index (χ3v) is 1.52. The smallest absolute Gasteiger partial charge is 0.126 e. The van der Waals surface area contributed by atoms with Crippen LogP contribution in [0.3, 0.4) is 0 Å². The lowest BCUT2D eigenvalue weighted by Gasteiger charge is -2.06. The summed E-state index contributed by atoms with van der Waals surface area (Å²) < 4.78 is 17.8. The second-order valence-electron chi connectivity index (χ2n) is 2.80. The van der Waals surface area contributed by atoms with E-state index in [1.165, 1.54) is 12.1 Å². The maximum atomic E-state index is 12.6. The molecule has 0 amide bonds. The maximum absolute atomic E-state index is 12.6. The zero-order valence-electron chi connectivity index (χ0n) is 7.33. The number of hydrogen-bond acceptors (Lipinski definition) is 2. The molecule has 0 aliphatic rings. The molecule has 0 aliphatic carbocycles. The molecule has 1 aromatic carbocycles. The summed E-state index contributed by atoms with van der Waals surface area (Å²) in [5, 5.41) is 8.46. The van der Waals surface area contributed by atoms with Gasteiger partial charge in [-0.15, -0.1) is 0 Å². The minimum atomic E-state index is -0.331. The zero-order chi connectivity index (χ0) is 9.68. The summed E-state index contributed by atoms with van der Waals surface area (Å²) in [7, 11) is 0. The van der Waals surface area contributed by atoms with Gasteiger partial charge in [0.15, 0.2) is 0 Å². The van der Waals surface area contributed by atoms with E-state index in [9.17, 15) is 4.39 Å². The van der Waals surface area contributed by atoms with Gasteiger partial charge in [0.25, 0.3) is 0 Å². The maximum Gasteiger partial charge on any atom is 0.126 e. The molecular weight excluding hydrogens is 169 g/mol. The van der Waals surface area contributed by atoms with Crippen molar-refractivity contribution in [3.05, 3.63) is 30.1 Å². The number of ether oxygens (including phenoxy) is 1. The molecule has 0 aliphatic heterocycles. The Balaban J connectivity index is 2.51. The Morgan fingerprint density at radius 3 is 3.00 bits per heavy atom.